The molecule has 2 rings (SSSR count). The minimum Gasteiger partial charge on any atom is -0.379 e. The molecule has 1 saturated carbocycles. The summed E-state index contributed by atoms with van der Waals surface area (Å²) in [6.07, 6.45) is 6.22. The van der Waals surface area contributed by atoms with E-state index in [1.807, 2.05) is 13.8 Å². The third kappa shape index (κ3) is 4.47. The molecule has 1 fully saturated rings. The normalized spacial score (nSPS) is 21.6. The van der Waals surface area contributed by atoms with E-state index in [2.05, 4.69) is 15.8 Å². The first-order valence-corrected chi connectivity index (χ1v) is 8.10. The van der Waals surface area contributed by atoms with Crippen LogP contribution >= 0.6 is 0 Å². The largest absolute Gasteiger partial charge is 0.379 e. The van der Waals surface area contributed by atoms with Gasteiger partial charge in [0.1, 0.15) is 5.76 Å². The Morgan fingerprint density at radius 3 is 2.82 bits per heavy atom. The van der Waals surface area contributed by atoms with Crippen LogP contribution < -0.4 is 10.6 Å². The first-order valence-electron chi connectivity index (χ1n) is 8.10. The highest BCUT2D eigenvalue weighted by atomic mass is 16.5. The van der Waals surface area contributed by atoms with Crippen LogP contribution in [0.1, 0.15) is 49.1 Å². The summed E-state index contributed by atoms with van der Waals surface area (Å²) in [4.78, 5) is 12.0. The number of nitrogens with zero attached hydrogens (tertiary/aromatic N) is 1. The van der Waals surface area contributed by atoms with Gasteiger partial charge in [0.15, 0.2) is 0 Å². The van der Waals surface area contributed by atoms with Crippen molar-refractivity contribution in [2.45, 2.75) is 64.5 Å². The maximum absolute atomic E-state index is 12.0. The summed E-state index contributed by atoms with van der Waals surface area (Å²) < 4.78 is 10.6. The van der Waals surface area contributed by atoms with Gasteiger partial charge in [0.2, 0.25) is 0 Å². The van der Waals surface area contributed by atoms with Gasteiger partial charge < -0.3 is 19.9 Å². The standard InChI is InChI=1S/C16H27N3O3/c1-11-13(12(2)22-19-11)7-6-10-17-16(20)18-14-8-4-5-9-15(14)21-3/h14-15H,4-10H2,1-3H3,(H2,17,18,20)/t14-,15-/m1/s1. The lowest BCUT2D eigenvalue weighted by molar-refractivity contribution is 0.0452. The zero-order valence-electron chi connectivity index (χ0n) is 13.8. The summed E-state index contributed by atoms with van der Waals surface area (Å²) in [5.41, 5.74) is 2.08. The highest BCUT2D eigenvalue weighted by Gasteiger charge is 2.26. The fourth-order valence-corrected chi connectivity index (χ4v) is 3.09. The molecular formula is C16H27N3O3. The van der Waals surface area contributed by atoms with E-state index in [4.69, 9.17) is 9.26 Å². The van der Waals surface area contributed by atoms with E-state index in [1.165, 1.54) is 6.42 Å². The lowest BCUT2D eigenvalue weighted by Gasteiger charge is -2.31. The smallest absolute Gasteiger partial charge is 0.315 e. The molecule has 1 aromatic rings. The Morgan fingerprint density at radius 1 is 1.36 bits per heavy atom. The minimum atomic E-state index is -0.104. The number of carbonyl (C=O) groups excluding carboxylic acids is 1. The van der Waals surface area contributed by atoms with E-state index in [0.717, 1.165) is 49.1 Å². The molecule has 0 bridgehead atoms. The van der Waals surface area contributed by atoms with Gasteiger partial charge >= 0.3 is 6.03 Å². The van der Waals surface area contributed by atoms with Crippen LogP contribution in [0.15, 0.2) is 4.52 Å². The molecule has 1 aliphatic carbocycles. The van der Waals surface area contributed by atoms with Crippen molar-refractivity contribution in [1.82, 2.24) is 15.8 Å². The molecule has 2 amide bonds. The van der Waals surface area contributed by atoms with Crippen LogP contribution in [0, 0.1) is 13.8 Å². The quantitative estimate of drug-likeness (QED) is 0.792. The van der Waals surface area contributed by atoms with Crippen molar-refractivity contribution >= 4 is 6.03 Å². The van der Waals surface area contributed by atoms with Gasteiger partial charge in [0.05, 0.1) is 17.8 Å². The Balaban J connectivity index is 1.67. The van der Waals surface area contributed by atoms with Crippen LogP contribution in [0.25, 0.3) is 0 Å². The molecule has 6 nitrogen and oxygen atoms in total. The Morgan fingerprint density at radius 2 is 2.14 bits per heavy atom. The van der Waals surface area contributed by atoms with Crippen LogP contribution in [0.2, 0.25) is 0 Å². The van der Waals surface area contributed by atoms with Crippen LogP contribution in [-0.4, -0.2) is 37.0 Å². The molecule has 2 atom stereocenters. The molecule has 0 radical (unpaired) electrons. The Labute approximate surface area is 132 Å². The van der Waals surface area contributed by atoms with Gasteiger partial charge in [-0.15, -0.1) is 0 Å². The second kappa shape index (κ2) is 8.17. The molecular weight excluding hydrogens is 282 g/mol. The molecule has 1 heterocycles. The van der Waals surface area contributed by atoms with E-state index >= 15 is 0 Å². The van der Waals surface area contributed by atoms with E-state index < -0.39 is 0 Å². The van der Waals surface area contributed by atoms with Gasteiger partial charge in [-0.3, -0.25) is 0 Å². The average molecular weight is 309 g/mol. The van der Waals surface area contributed by atoms with Crippen molar-refractivity contribution in [3.8, 4) is 0 Å². The van der Waals surface area contributed by atoms with Crippen LogP contribution in [0.4, 0.5) is 4.79 Å². The highest BCUT2D eigenvalue weighted by Crippen LogP contribution is 2.20. The SMILES string of the molecule is CO[C@@H]1CCCC[C@H]1NC(=O)NCCCc1c(C)noc1C. The van der Waals surface area contributed by atoms with Gasteiger partial charge in [0, 0.05) is 19.2 Å². The van der Waals surface area contributed by atoms with E-state index in [9.17, 15) is 4.79 Å². The van der Waals surface area contributed by atoms with Crippen molar-refractivity contribution in [1.29, 1.82) is 0 Å². The number of hydrogen-bond donors (Lipinski definition) is 2. The predicted octanol–water partition coefficient (Wildman–Crippen LogP) is 2.48. The molecule has 0 aliphatic heterocycles. The van der Waals surface area contributed by atoms with Gasteiger partial charge in [0.25, 0.3) is 0 Å². The average Bonchev–Trinajstić information content (AvgIpc) is 2.83. The van der Waals surface area contributed by atoms with Crippen molar-refractivity contribution < 1.29 is 14.1 Å². The molecule has 1 aromatic heterocycles. The summed E-state index contributed by atoms with van der Waals surface area (Å²) in [6, 6.07) is 0.0222. The molecule has 0 aromatic carbocycles. The highest BCUT2D eigenvalue weighted by molar-refractivity contribution is 5.74. The number of methoxy groups -OCH3 is 1. The number of ether oxygens (including phenoxy) is 1. The second-order valence-electron chi connectivity index (χ2n) is 5.97. The third-order valence-corrected chi connectivity index (χ3v) is 4.39. The first-order chi connectivity index (χ1) is 10.6. The molecule has 0 saturated heterocycles. The maximum atomic E-state index is 12.0. The second-order valence-corrected chi connectivity index (χ2v) is 5.97. The number of hydrogen-bond acceptors (Lipinski definition) is 4. The number of nitrogens with one attached hydrogen (secondary N) is 2. The van der Waals surface area contributed by atoms with Gasteiger partial charge in [-0.1, -0.05) is 18.0 Å². The third-order valence-electron chi connectivity index (χ3n) is 4.39. The Hall–Kier alpha value is -1.56. The number of aryl methyl sites for hydroxylation is 2. The van der Waals surface area contributed by atoms with Crippen molar-refractivity contribution in [2.75, 3.05) is 13.7 Å². The molecule has 22 heavy (non-hydrogen) atoms. The lowest BCUT2D eigenvalue weighted by Crippen LogP contribution is -2.49. The molecule has 1 aliphatic rings. The van der Waals surface area contributed by atoms with Gasteiger partial charge in [-0.2, -0.15) is 0 Å². The number of rotatable bonds is 6. The fraction of sp³-hybridized carbons (Fsp3) is 0.750. The van der Waals surface area contributed by atoms with Gasteiger partial charge in [-0.05, 0) is 39.5 Å². The molecule has 124 valence electrons. The Kier molecular flexibility index (Phi) is 6.24. The molecule has 6 heteroatoms. The molecule has 0 spiro atoms. The maximum Gasteiger partial charge on any atom is 0.315 e. The van der Waals surface area contributed by atoms with Crippen LogP contribution in [0.3, 0.4) is 0 Å². The topological polar surface area (TPSA) is 76.4 Å². The minimum absolute atomic E-state index is 0.104. The molecule has 2 N–H and O–H groups in total. The van der Waals surface area contributed by atoms with E-state index in [0.29, 0.717) is 6.54 Å². The van der Waals surface area contributed by atoms with Crippen molar-refractivity contribution in [3.63, 3.8) is 0 Å². The van der Waals surface area contributed by atoms with Crippen LogP contribution in [-0.2, 0) is 11.2 Å². The number of amides is 2. The summed E-state index contributed by atoms with van der Waals surface area (Å²) in [7, 11) is 1.71. The monoisotopic (exact) mass is 309 g/mol. The first kappa shape index (κ1) is 16.8. The lowest BCUT2D eigenvalue weighted by atomic mass is 9.92. The van der Waals surface area contributed by atoms with Crippen molar-refractivity contribution in [2.24, 2.45) is 0 Å². The Bertz CT molecular complexity index is 467. The fourth-order valence-electron chi connectivity index (χ4n) is 3.09. The zero-order chi connectivity index (χ0) is 15.9. The predicted molar refractivity (Wildman–Crippen MR) is 83.9 cm³/mol. The van der Waals surface area contributed by atoms with Gasteiger partial charge in [-0.25, -0.2) is 4.79 Å². The van der Waals surface area contributed by atoms with Crippen LogP contribution in [0.5, 0.6) is 0 Å². The summed E-state index contributed by atoms with van der Waals surface area (Å²) in [5, 5.41) is 9.89. The van der Waals surface area contributed by atoms with E-state index in [1.54, 1.807) is 7.11 Å². The summed E-state index contributed by atoms with van der Waals surface area (Å²) >= 11 is 0. The number of aromatic nitrogens is 1. The molecule has 0 unspecified atom stereocenters. The van der Waals surface area contributed by atoms with E-state index in [-0.39, 0.29) is 18.2 Å². The van der Waals surface area contributed by atoms with Crippen molar-refractivity contribution in [3.05, 3.63) is 17.0 Å². The number of urea groups is 1. The summed E-state index contributed by atoms with van der Waals surface area (Å²) in [6.45, 7) is 4.50. The zero-order valence-corrected chi connectivity index (χ0v) is 13.8. The summed E-state index contributed by atoms with van der Waals surface area (Å²) in [5.74, 6) is 0.868. The number of carbonyl (C=O) groups is 1.